The number of aromatic nitrogens is 4. The van der Waals surface area contributed by atoms with Crippen LogP contribution in [0.5, 0.6) is 0 Å². The summed E-state index contributed by atoms with van der Waals surface area (Å²) < 4.78 is 0. The minimum atomic E-state index is 0.644. The van der Waals surface area contributed by atoms with Crippen molar-refractivity contribution in [3.63, 3.8) is 0 Å². The van der Waals surface area contributed by atoms with Gasteiger partial charge in [0, 0.05) is 38.6 Å². The predicted octanol–water partition coefficient (Wildman–Crippen LogP) is 14.5. The van der Waals surface area contributed by atoms with Crippen molar-refractivity contribution in [1.29, 1.82) is 0 Å². The van der Waals surface area contributed by atoms with Crippen LogP contribution in [0, 0.1) is 0 Å². The second-order valence-electron chi connectivity index (χ2n) is 15.4. The summed E-state index contributed by atoms with van der Waals surface area (Å²) in [7, 11) is 0. The van der Waals surface area contributed by atoms with Crippen molar-refractivity contribution in [2.24, 2.45) is 0 Å². The van der Waals surface area contributed by atoms with E-state index in [1.165, 1.54) is 32.3 Å². The number of nitrogens with zero attached hydrogens (tertiary/aromatic N) is 4. The Labute approximate surface area is 346 Å². The molecule has 0 aliphatic carbocycles. The maximum Gasteiger partial charge on any atom is 0.160 e. The van der Waals surface area contributed by atoms with Crippen LogP contribution in [-0.2, 0) is 0 Å². The number of fused-ring (bicyclic) bond motifs is 9. The maximum atomic E-state index is 5.46. The molecule has 0 saturated heterocycles. The van der Waals surface area contributed by atoms with Gasteiger partial charge in [-0.2, -0.15) is 0 Å². The summed E-state index contributed by atoms with van der Waals surface area (Å²) in [5.74, 6) is 1.33. The van der Waals surface area contributed by atoms with Crippen molar-refractivity contribution in [3.05, 3.63) is 206 Å². The van der Waals surface area contributed by atoms with Gasteiger partial charge in [-0.05, 0) is 78.8 Å². The number of rotatable bonds is 5. The first-order valence-electron chi connectivity index (χ1n) is 20.3. The van der Waals surface area contributed by atoms with Crippen LogP contribution in [0.1, 0.15) is 0 Å². The SMILES string of the molecule is c1ccc(-c2nc(-c3cccc(-c4nc(-c5cc6ccccc6c6ccccc56)cc(-c5cc6ccccc6c6ccccc56)n4)c3)c3ccc4ccccc4c3n2)cc1. The predicted molar refractivity (Wildman–Crippen MR) is 250 cm³/mol. The van der Waals surface area contributed by atoms with Crippen LogP contribution in [0.25, 0.3) is 121 Å². The van der Waals surface area contributed by atoms with E-state index in [1.807, 2.05) is 18.2 Å². The normalized spacial score (nSPS) is 11.7. The van der Waals surface area contributed by atoms with Gasteiger partial charge in [-0.3, -0.25) is 0 Å². The molecule has 0 N–H and O–H groups in total. The van der Waals surface area contributed by atoms with E-state index in [0.717, 1.165) is 77.3 Å². The molecular formula is C56H34N4. The van der Waals surface area contributed by atoms with Crippen molar-refractivity contribution in [3.8, 4) is 56.5 Å². The van der Waals surface area contributed by atoms with Crippen LogP contribution in [0.4, 0.5) is 0 Å². The van der Waals surface area contributed by atoms with Gasteiger partial charge in [-0.25, -0.2) is 19.9 Å². The Kier molecular flexibility index (Phi) is 7.82. The van der Waals surface area contributed by atoms with Gasteiger partial charge in [0.2, 0.25) is 0 Å². The molecule has 60 heavy (non-hydrogen) atoms. The van der Waals surface area contributed by atoms with Crippen molar-refractivity contribution in [1.82, 2.24) is 19.9 Å². The van der Waals surface area contributed by atoms with Gasteiger partial charge in [-0.15, -0.1) is 0 Å². The van der Waals surface area contributed by atoms with Gasteiger partial charge >= 0.3 is 0 Å². The minimum Gasteiger partial charge on any atom is -0.228 e. The molecule has 4 heteroatoms. The molecule has 0 saturated carbocycles. The van der Waals surface area contributed by atoms with Gasteiger partial charge in [-0.1, -0.05) is 176 Å². The van der Waals surface area contributed by atoms with Crippen molar-refractivity contribution >= 4 is 64.8 Å². The summed E-state index contributed by atoms with van der Waals surface area (Å²) in [4.78, 5) is 21.4. The minimum absolute atomic E-state index is 0.644. The van der Waals surface area contributed by atoms with E-state index < -0.39 is 0 Å². The first-order valence-corrected chi connectivity index (χ1v) is 20.3. The highest BCUT2D eigenvalue weighted by Gasteiger charge is 2.19. The average Bonchev–Trinajstić information content (AvgIpc) is 3.33. The summed E-state index contributed by atoms with van der Waals surface area (Å²) >= 11 is 0. The summed E-state index contributed by atoms with van der Waals surface area (Å²) in [6.07, 6.45) is 0. The van der Waals surface area contributed by atoms with Crippen LogP contribution >= 0.6 is 0 Å². The van der Waals surface area contributed by atoms with E-state index in [9.17, 15) is 0 Å². The third-order valence-electron chi connectivity index (χ3n) is 11.8. The number of benzene rings is 10. The molecule has 10 aromatic carbocycles. The molecule has 0 bridgehead atoms. The molecule has 2 aromatic heterocycles. The lowest BCUT2D eigenvalue weighted by Gasteiger charge is -2.15. The zero-order valence-corrected chi connectivity index (χ0v) is 32.4. The summed E-state index contributed by atoms with van der Waals surface area (Å²) in [5.41, 5.74) is 8.49. The fraction of sp³-hybridized carbons (Fsp3) is 0. The third kappa shape index (κ3) is 5.61. The zero-order valence-electron chi connectivity index (χ0n) is 32.4. The molecule has 0 aliphatic heterocycles. The molecule has 0 amide bonds. The Bertz CT molecular complexity index is 3530. The van der Waals surface area contributed by atoms with Gasteiger partial charge in [0.1, 0.15) is 0 Å². The van der Waals surface area contributed by atoms with Crippen molar-refractivity contribution < 1.29 is 0 Å². The Morgan fingerprint density at radius 1 is 0.250 bits per heavy atom. The van der Waals surface area contributed by atoms with Gasteiger partial charge in [0.15, 0.2) is 11.6 Å². The molecule has 0 aliphatic rings. The maximum absolute atomic E-state index is 5.46. The molecule has 4 nitrogen and oxygen atoms in total. The Morgan fingerprint density at radius 3 is 1.37 bits per heavy atom. The van der Waals surface area contributed by atoms with Crippen molar-refractivity contribution in [2.45, 2.75) is 0 Å². The molecule has 0 fully saturated rings. The lowest BCUT2D eigenvalue weighted by atomic mass is 9.93. The lowest BCUT2D eigenvalue weighted by Crippen LogP contribution is -1.99. The largest absolute Gasteiger partial charge is 0.228 e. The zero-order chi connectivity index (χ0) is 39.6. The first-order chi connectivity index (χ1) is 29.7. The van der Waals surface area contributed by atoms with Crippen LogP contribution in [-0.4, -0.2) is 19.9 Å². The highest BCUT2D eigenvalue weighted by molar-refractivity contribution is 6.16. The van der Waals surface area contributed by atoms with E-state index in [4.69, 9.17) is 19.9 Å². The van der Waals surface area contributed by atoms with E-state index in [2.05, 4.69) is 188 Å². The third-order valence-corrected chi connectivity index (χ3v) is 11.8. The summed E-state index contributed by atoms with van der Waals surface area (Å²) in [6.45, 7) is 0. The van der Waals surface area contributed by atoms with E-state index in [1.54, 1.807) is 0 Å². The Balaban J connectivity index is 1.12. The molecule has 0 unspecified atom stereocenters. The van der Waals surface area contributed by atoms with Crippen LogP contribution < -0.4 is 0 Å². The second-order valence-corrected chi connectivity index (χ2v) is 15.4. The van der Waals surface area contributed by atoms with Crippen molar-refractivity contribution in [2.75, 3.05) is 0 Å². The molecule has 0 atom stereocenters. The number of hydrogen-bond acceptors (Lipinski definition) is 4. The molecule has 0 radical (unpaired) electrons. The molecular weight excluding hydrogens is 729 g/mol. The molecule has 0 spiro atoms. The van der Waals surface area contributed by atoms with E-state index >= 15 is 0 Å². The molecule has 12 rings (SSSR count). The topological polar surface area (TPSA) is 51.6 Å². The summed E-state index contributed by atoms with van der Waals surface area (Å²) in [5, 5.41) is 12.7. The van der Waals surface area contributed by atoms with Gasteiger partial charge < -0.3 is 0 Å². The summed E-state index contributed by atoms with van der Waals surface area (Å²) in [6, 6.07) is 72.7. The van der Waals surface area contributed by atoms with Crippen LogP contribution in [0.3, 0.4) is 0 Å². The molecule has 12 aromatic rings. The molecule has 2 heterocycles. The average molecular weight is 763 g/mol. The number of hydrogen-bond donors (Lipinski definition) is 0. The second kappa shape index (κ2) is 13.8. The lowest BCUT2D eigenvalue weighted by molar-refractivity contribution is 1.19. The van der Waals surface area contributed by atoms with Crippen LogP contribution in [0.15, 0.2) is 206 Å². The van der Waals surface area contributed by atoms with E-state index in [-0.39, 0.29) is 0 Å². The highest BCUT2D eigenvalue weighted by atomic mass is 14.9. The Morgan fingerprint density at radius 2 is 0.733 bits per heavy atom. The monoisotopic (exact) mass is 762 g/mol. The Hall–Kier alpha value is -8.08. The standard InChI is InChI=1S/C56H34N4/c1-2-16-36(17-3-1)55-59-53(48-30-29-35-15-4-9-24-43(35)54(48)60-55)39-20-14-21-40(31-39)56-57-51(49-32-37-18-5-7-22-41(37)44-25-10-12-27-46(44)49)34-52(58-56)50-33-38-19-6-8-23-42(38)45-26-11-13-28-47(45)50/h1-34H. The first kappa shape index (κ1) is 34.0. The smallest absolute Gasteiger partial charge is 0.160 e. The quantitative estimate of drug-likeness (QED) is 0.164. The van der Waals surface area contributed by atoms with Gasteiger partial charge in [0.25, 0.3) is 0 Å². The van der Waals surface area contributed by atoms with E-state index in [0.29, 0.717) is 11.6 Å². The van der Waals surface area contributed by atoms with Gasteiger partial charge in [0.05, 0.1) is 22.6 Å². The fourth-order valence-corrected chi connectivity index (χ4v) is 8.99. The van der Waals surface area contributed by atoms with Crippen LogP contribution in [0.2, 0.25) is 0 Å². The highest BCUT2D eigenvalue weighted by Crippen LogP contribution is 2.40. The fourth-order valence-electron chi connectivity index (χ4n) is 8.99. The molecule has 278 valence electrons.